The molecule has 1 aromatic carbocycles. The molecule has 2 aromatic rings. The Hall–Kier alpha value is -2.99. The molecule has 1 aromatic heterocycles. The van der Waals surface area contributed by atoms with E-state index < -0.39 is 17.7 Å². The smallest absolute Gasteiger partial charge is 0.295 e. The van der Waals surface area contributed by atoms with Gasteiger partial charge < -0.3 is 14.7 Å². The predicted octanol–water partition coefficient (Wildman–Crippen LogP) is 2.85. The quantitative estimate of drug-likeness (QED) is 0.368. The number of nitrogens with zero attached hydrogens (tertiary/aromatic N) is 2. The highest BCUT2D eigenvalue weighted by molar-refractivity contribution is 6.46. The van der Waals surface area contributed by atoms with Crippen LogP contribution in [0.2, 0.25) is 0 Å². The van der Waals surface area contributed by atoms with E-state index >= 15 is 0 Å². The van der Waals surface area contributed by atoms with E-state index in [-0.39, 0.29) is 11.3 Å². The molecule has 3 rings (SSSR count). The minimum absolute atomic E-state index is 0.104. The van der Waals surface area contributed by atoms with Crippen molar-refractivity contribution in [2.24, 2.45) is 0 Å². The van der Waals surface area contributed by atoms with Crippen LogP contribution in [0.4, 0.5) is 0 Å². The molecule has 2 heterocycles. The van der Waals surface area contributed by atoms with Crippen LogP contribution >= 0.6 is 0 Å². The summed E-state index contributed by atoms with van der Waals surface area (Å²) in [6.07, 6.45) is 3.81. The largest absolute Gasteiger partial charge is 0.507 e. The van der Waals surface area contributed by atoms with Gasteiger partial charge in [-0.05, 0) is 31.0 Å². The Morgan fingerprint density at radius 3 is 2.44 bits per heavy atom. The van der Waals surface area contributed by atoms with Crippen LogP contribution in [0.5, 0.6) is 0 Å². The molecule has 27 heavy (non-hydrogen) atoms. The van der Waals surface area contributed by atoms with E-state index in [2.05, 4.69) is 4.98 Å². The number of hydrogen-bond donors (Lipinski definition) is 1. The maximum absolute atomic E-state index is 12.8. The zero-order chi connectivity index (χ0) is 19.4. The fraction of sp³-hybridized carbons (Fsp3) is 0.286. The lowest BCUT2D eigenvalue weighted by Crippen LogP contribution is -2.31. The molecule has 1 aliphatic rings. The number of benzene rings is 1. The molecule has 0 aliphatic carbocycles. The number of amides is 1. The van der Waals surface area contributed by atoms with Crippen LogP contribution in [0.25, 0.3) is 5.76 Å². The second kappa shape index (κ2) is 8.14. The van der Waals surface area contributed by atoms with Crippen molar-refractivity contribution in [3.63, 3.8) is 0 Å². The van der Waals surface area contributed by atoms with Crippen LogP contribution in [0.1, 0.15) is 29.2 Å². The minimum Gasteiger partial charge on any atom is -0.507 e. The highest BCUT2D eigenvalue weighted by atomic mass is 16.5. The molecule has 1 amide bonds. The van der Waals surface area contributed by atoms with Crippen molar-refractivity contribution in [1.29, 1.82) is 0 Å². The first-order valence-corrected chi connectivity index (χ1v) is 8.79. The van der Waals surface area contributed by atoms with Crippen LogP contribution in [0.3, 0.4) is 0 Å². The molecule has 1 unspecified atom stereocenters. The fourth-order valence-electron chi connectivity index (χ4n) is 3.25. The molecule has 0 spiro atoms. The van der Waals surface area contributed by atoms with E-state index in [0.717, 1.165) is 11.1 Å². The molecular weight excluding hydrogens is 344 g/mol. The van der Waals surface area contributed by atoms with Gasteiger partial charge in [0.25, 0.3) is 11.7 Å². The lowest BCUT2D eigenvalue weighted by atomic mass is 9.95. The zero-order valence-corrected chi connectivity index (χ0v) is 15.4. The minimum atomic E-state index is -0.674. The van der Waals surface area contributed by atoms with Gasteiger partial charge in [-0.1, -0.05) is 29.8 Å². The standard InChI is InChI=1S/C21H22N2O4/c1-14-4-6-16(7-5-14)19(24)17-18(15-8-10-22-11-9-15)23(12-3-13-27-2)21(26)20(17)25/h4-11,18,24H,3,12-13H2,1-2H3/b19-17-. The highest BCUT2D eigenvalue weighted by Gasteiger charge is 2.45. The van der Waals surface area contributed by atoms with Crippen LogP contribution in [0, 0.1) is 6.92 Å². The molecule has 6 nitrogen and oxygen atoms in total. The Morgan fingerprint density at radius 2 is 1.81 bits per heavy atom. The first-order chi connectivity index (χ1) is 13.0. The van der Waals surface area contributed by atoms with Gasteiger partial charge in [0.1, 0.15) is 5.76 Å². The van der Waals surface area contributed by atoms with Gasteiger partial charge in [-0.3, -0.25) is 14.6 Å². The van der Waals surface area contributed by atoms with Crippen LogP contribution in [0.15, 0.2) is 54.4 Å². The number of carbonyl (C=O) groups excluding carboxylic acids is 2. The Morgan fingerprint density at radius 1 is 1.15 bits per heavy atom. The van der Waals surface area contributed by atoms with Gasteiger partial charge in [0.15, 0.2) is 0 Å². The third-order valence-electron chi connectivity index (χ3n) is 4.63. The first-order valence-electron chi connectivity index (χ1n) is 8.79. The lowest BCUT2D eigenvalue weighted by Gasteiger charge is -2.25. The lowest BCUT2D eigenvalue weighted by molar-refractivity contribution is -0.140. The second-order valence-corrected chi connectivity index (χ2v) is 6.49. The summed E-state index contributed by atoms with van der Waals surface area (Å²) in [5.41, 5.74) is 2.38. The van der Waals surface area contributed by atoms with Gasteiger partial charge in [-0.15, -0.1) is 0 Å². The number of carbonyl (C=O) groups is 2. The second-order valence-electron chi connectivity index (χ2n) is 6.49. The number of aliphatic hydroxyl groups excluding tert-OH is 1. The maximum atomic E-state index is 12.8. The Bertz CT molecular complexity index is 860. The number of likely N-dealkylation sites (tertiary alicyclic amines) is 1. The summed E-state index contributed by atoms with van der Waals surface area (Å²) >= 11 is 0. The summed E-state index contributed by atoms with van der Waals surface area (Å²) in [6, 6.07) is 10.0. The zero-order valence-electron chi connectivity index (χ0n) is 15.4. The molecule has 0 radical (unpaired) electrons. The highest BCUT2D eigenvalue weighted by Crippen LogP contribution is 2.39. The molecule has 0 bridgehead atoms. The molecule has 0 saturated carbocycles. The molecule has 1 N–H and O–H groups in total. The molecular formula is C21H22N2O4. The van der Waals surface area contributed by atoms with Gasteiger partial charge in [0.05, 0.1) is 11.6 Å². The number of rotatable bonds is 6. The number of pyridine rings is 1. The van der Waals surface area contributed by atoms with Gasteiger partial charge in [-0.25, -0.2) is 0 Å². The van der Waals surface area contributed by atoms with Gasteiger partial charge in [0, 0.05) is 38.2 Å². The van der Waals surface area contributed by atoms with Gasteiger partial charge in [0.2, 0.25) is 0 Å². The number of aliphatic hydroxyl groups is 1. The Kier molecular flexibility index (Phi) is 5.66. The Labute approximate surface area is 158 Å². The molecule has 1 atom stereocenters. The third-order valence-corrected chi connectivity index (χ3v) is 4.63. The van der Waals surface area contributed by atoms with Crippen LogP contribution in [-0.2, 0) is 14.3 Å². The number of aryl methyl sites for hydroxylation is 1. The molecule has 1 aliphatic heterocycles. The summed E-state index contributed by atoms with van der Waals surface area (Å²) in [6.45, 7) is 2.77. The van der Waals surface area contributed by atoms with E-state index in [4.69, 9.17) is 4.74 Å². The topological polar surface area (TPSA) is 79.7 Å². The van der Waals surface area contributed by atoms with E-state index in [1.165, 1.54) is 4.90 Å². The van der Waals surface area contributed by atoms with E-state index in [9.17, 15) is 14.7 Å². The number of Topliss-reactive ketones (excluding diaryl/α,β-unsaturated/α-hetero) is 1. The van der Waals surface area contributed by atoms with E-state index in [1.807, 2.05) is 19.1 Å². The average Bonchev–Trinajstić information content (AvgIpc) is 2.94. The number of hydrogen-bond acceptors (Lipinski definition) is 5. The van der Waals surface area contributed by atoms with E-state index in [1.54, 1.807) is 43.8 Å². The van der Waals surface area contributed by atoms with Crippen molar-refractivity contribution in [1.82, 2.24) is 9.88 Å². The summed E-state index contributed by atoms with van der Waals surface area (Å²) in [5.74, 6) is -1.45. The summed E-state index contributed by atoms with van der Waals surface area (Å²) in [5, 5.41) is 10.9. The summed E-state index contributed by atoms with van der Waals surface area (Å²) in [4.78, 5) is 30.9. The van der Waals surface area contributed by atoms with Crippen LogP contribution < -0.4 is 0 Å². The van der Waals surface area contributed by atoms with E-state index in [0.29, 0.717) is 25.1 Å². The molecule has 140 valence electrons. The summed E-state index contributed by atoms with van der Waals surface area (Å²) in [7, 11) is 1.59. The SMILES string of the molecule is COCCCN1C(=O)C(=O)/C(=C(\O)c2ccc(C)cc2)C1c1ccncc1. The number of methoxy groups -OCH3 is 1. The molecule has 1 fully saturated rings. The number of ketones is 1. The van der Waals surface area contributed by atoms with Crippen molar-refractivity contribution in [2.45, 2.75) is 19.4 Å². The fourth-order valence-corrected chi connectivity index (χ4v) is 3.25. The Balaban J connectivity index is 2.09. The van der Waals surface area contributed by atoms with Crippen molar-refractivity contribution in [2.75, 3.05) is 20.3 Å². The number of aromatic nitrogens is 1. The predicted molar refractivity (Wildman–Crippen MR) is 101 cm³/mol. The van der Waals surface area contributed by atoms with Crippen molar-refractivity contribution in [3.05, 3.63) is 71.1 Å². The molecule has 1 saturated heterocycles. The van der Waals surface area contributed by atoms with Gasteiger partial charge in [-0.2, -0.15) is 0 Å². The van der Waals surface area contributed by atoms with Crippen molar-refractivity contribution < 1.29 is 19.4 Å². The van der Waals surface area contributed by atoms with Crippen molar-refractivity contribution in [3.8, 4) is 0 Å². The number of ether oxygens (including phenoxy) is 1. The monoisotopic (exact) mass is 366 g/mol. The normalized spacial score (nSPS) is 18.9. The van der Waals surface area contributed by atoms with Gasteiger partial charge >= 0.3 is 0 Å². The average molecular weight is 366 g/mol. The van der Waals surface area contributed by atoms with Crippen molar-refractivity contribution >= 4 is 17.4 Å². The third kappa shape index (κ3) is 3.75. The maximum Gasteiger partial charge on any atom is 0.295 e. The summed E-state index contributed by atoms with van der Waals surface area (Å²) < 4.78 is 5.07. The van der Waals surface area contributed by atoms with Crippen LogP contribution in [-0.4, -0.2) is 46.9 Å². The first kappa shape index (κ1) is 18.8. The molecule has 6 heteroatoms.